The molecule has 0 aromatic heterocycles. The molecule has 3 saturated heterocycles. The molecule has 1 amide bonds. The second-order valence-electron chi connectivity index (χ2n) is 7.24. The Morgan fingerprint density at radius 2 is 1.87 bits per heavy atom. The van der Waals surface area contributed by atoms with Crippen molar-refractivity contribution in [1.82, 2.24) is 10.2 Å². The Bertz CT molecular complexity index is 648. The number of rotatable bonds is 2. The van der Waals surface area contributed by atoms with Crippen LogP contribution in [-0.2, 0) is 0 Å². The van der Waals surface area contributed by atoms with Crippen molar-refractivity contribution in [1.29, 1.82) is 0 Å². The number of fused-ring (bicyclic) bond motifs is 3. The average Bonchev–Trinajstić information content (AvgIpc) is 3.39. The number of amides is 1. The third-order valence-corrected chi connectivity index (χ3v) is 6.07. The summed E-state index contributed by atoms with van der Waals surface area (Å²) in [4.78, 5) is 15.4. The van der Waals surface area contributed by atoms with E-state index in [1.54, 1.807) is 0 Å². The molecule has 23 heavy (non-hydrogen) atoms. The van der Waals surface area contributed by atoms with Gasteiger partial charge in [0.25, 0.3) is 5.91 Å². The standard InChI is InChI=1S/C18H22N2O3/c21-17(13-1-2-14-15(11-13)23-10-9-22-14)19-16-12-3-7-20(8-4-12)18(16)5-6-18/h1-2,11-12,16H,3-10H2,(H,19,21). The number of piperidine rings is 3. The van der Waals surface area contributed by atoms with E-state index in [2.05, 4.69) is 10.2 Å². The van der Waals surface area contributed by atoms with Crippen molar-refractivity contribution in [3.8, 4) is 11.5 Å². The molecule has 2 bridgehead atoms. The summed E-state index contributed by atoms with van der Waals surface area (Å²) < 4.78 is 11.1. The lowest BCUT2D eigenvalue weighted by Crippen LogP contribution is -2.65. The smallest absolute Gasteiger partial charge is 0.251 e. The van der Waals surface area contributed by atoms with Crippen LogP contribution in [0.25, 0.3) is 0 Å². The van der Waals surface area contributed by atoms with Gasteiger partial charge in [0.1, 0.15) is 13.2 Å². The van der Waals surface area contributed by atoms with Crippen molar-refractivity contribution in [2.24, 2.45) is 5.92 Å². The van der Waals surface area contributed by atoms with Gasteiger partial charge in [-0.15, -0.1) is 0 Å². The second kappa shape index (κ2) is 4.87. The first-order valence-electron chi connectivity index (χ1n) is 8.72. The fraction of sp³-hybridized carbons (Fsp3) is 0.611. The van der Waals surface area contributed by atoms with E-state index in [4.69, 9.17) is 9.47 Å². The molecule has 1 saturated carbocycles. The van der Waals surface area contributed by atoms with Crippen LogP contribution in [0.3, 0.4) is 0 Å². The van der Waals surface area contributed by atoms with E-state index in [1.165, 1.54) is 38.8 Å². The van der Waals surface area contributed by atoms with Gasteiger partial charge in [0.15, 0.2) is 11.5 Å². The van der Waals surface area contributed by atoms with E-state index in [0.29, 0.717) is 36.5 Å². The van der Waals surface area contributed by atoms with Gasteiger partial charge >= 0.3 is 0 Å². The first-order chi connectivity index (χ1) is 11.3. The summed E-state index contributed by atoms with van der Waals surface area (Å²) >= 11 is 0. The Balaban J connectivity index is 1.37. The molecule has 5 aliphatic rings. The quantitative estimate of drug-likeness (QED) is 0.904. The van der Waals surface area contributed by atoms with E-state index in [-0.39, 0.29) is 11.4 Å². The van der Waals surface area contributed by atoms with Crippen molar-refractivity contribution in [2.45, 2.75) is 37.3 Å². The summed E-state index contributed by atoms with van der Waals surface area (Å²) in [5.74, 6) is 2.07. The maximum absolute atomic E-state index is 12.8. The first-order valence-corrected chi connectivity index (χ1v) is 8.72. The van der Waals surface area contributed by atoms with Crippen LogP contribution in [0.4, 0.5) is 0 Å². The van der Waals surface area contributed by atoms with Crippen LogP contribution < -0.4 is 14.8 Å². The fourth-order valence-electron chi connectivity index (χ4n) is 4.73. The molecule has 0 radical (unpaired) electrons. The largest absolute Gasteiger partial charge is 0.486 e. The molecular formula is C18H22N2O3. The van der Waals surface area contributed by atoms with Gasteiger partial charge in [-0.3, -0.25) is 9.69 Å². The van der Waals surface area contributed by atoms with Gasteiger partial charge in [0.2, 0.25) is 0 Å². The minimum absolute atomic E-state index is 0.0204. The maximum atomic E-state index is 12.8. The van der Waals surface area contributed by atoms with Crippen LogP contribution in [0, 0.1) is 5.92 Å². The molecule has 1 aromatic rings. The van der Waals surface area contributed by atoms with Crippen molar-refractivity contribution in [3.05, 3.63) is 23.8 Å². The number of ether oxygens (including phenoxy) is 2. The second-order valence-corrected chi connectivity index (χ2v) is 7.24. The Kier molecular flexibility index (Phi) is 2.89. The van der Waals surface area contributed by atoms with E-state index in [9.17, 15) is 4.79 Å². The topological polar surface area (TPSA) is 50.8 Å². The van der Waals surface area contributed by atoms with Gasteiger partial charge in [0.05, 0.1) is 6.04 Å². The summed E-state index contributed by atoms with van der Waals surface area (Å²) in [7, 11) is 0. The minimum Gasteiger partial charge on any atom is -0.486 e. The molecule has 5 heteroatoms. The zero-order valence-electron chi connectivity index (χ0n) is 13.2. The Morgan fingerprint density at radius 1 is 1.13 bits per heavy atom. The van der Waals surface area contributed by atoms with Crippen LogP contribution in [-0.4, -0.2) is 48.7 Å². The molecule has 1 atom stereocenters. The minimum atomic E-state index is 0.0204. The zero-order chi connectivity index (χ0) is 15.4. The number of carbonyl (C=O) groups excluding carboxylic acids is 1. The van der Waals surface area contributed by atoms with Gasteiger partial charge in [0, 0.05) is 11.1 Å². The first kappa shape index (κ1) is 13.7. The highest BCUT2D eigenvalue weighted by molar-refractivity contribution is 5.95. The molecule has 4 fully saturated rings. The SMILES string of the molecule is O=C(NC1C2CCN(CC2)C12CC2)c1ccc2c(c1)OCCO2. The summed E-state index contributed by atoms with van der Waals surface area (Å²) in [6.07, 6.45) is 4.90. The van der Waals surface area contributed by atoms with E-state index in [0.717, 1.165) is 5.75 Å². The lowest BCUT2D eigenvalue weighted by atomic mass is 9.77. The van der Waals surface area contributed by atoms with Crippen LogP contribution >= 0.6 is 0 Å². The molecular weight excluding hydrogens is 292 g/mol. The van der Waals surface area contributed by atoms with Gasteiger partial charge in [-0.2, -0.15) is 0 Å². The monoisotopic (exact) mass is 314 g/mol. The Hall–Kier alpha value is -1.75. The van der Waals surface area contributed by atoms with Crippen LogP contribution in [0.15, 0.2) is 18.2 Å². The number of carbonyl (C=O) groups is 1. The zero-order valence-corrected chi connectivity index (χ0v) is 13.2. The number of nitrogens with one attached hydrogen (secondary N) is 1. The van der Waals surface area contributed by atoms with Crippen molar-refractivity contribution < 1.29 is 14.3 Å². The molecule has 1 aliphatic carbocycles. The number of hydrogen-bond acceptors (Lipinski definition) is 4. The lowest BCUT2D eigenvalue weighted by Gasteiger charge is -2.52. The molecule has 4 aliphatic heterocycles. The average molecular weight is 314 g/mol. The van der Waals surface area contributed by atoms with E-state index >= 15 is 0 Å². The van der Waals surface area contributed by atoms with Crippen molar-refractivity contribution in [2.75, 3.05) is 26.3 Å². The number of nitrogens with zero attached hydrogens (tertiary/aromatic N) is 1. The van der Waals surface area contributed by atoms with E-state index < -0.39 is 0 Å². The van der Waals surface area contributed by atoms with Crippen LogP contribution in [0.5, 0.6) is 11.5 Å². The highest BCUT2D eigenvalue weighted by Crippen LogP contribution is 2.53. The predicted molar refractivity (Wildman–Crippen MR) is 84.9 cm³/mol. The van der Waals surface area contributed by atoms with Gasteiger partial charge in [-0.25, -0.2) is 0 Å². The Labute approximate surface area is 135 Å². The highest BCUT2D eigenvalue weighted by Gasteiger charge is 2.60. The number of hydrogen-bond donors (Lipinski definition) is 1. The summed E-state index contributed by atoms with van der Waals surface area (Å²) in [5.41, 5.74) is 0.937. The van der Waals surface area contributed by atoms with Crippen molar-refractivity contribution >= 4 is 5.91 Å². The van der Waals surface area contributed by atoms with Crippen LogP contribution in [0.2, 0.25) is 0 Å². The summed E-state index contributed by atoms with van der Waals surface area (Å²) in [6, 6.07) is 5.80. The van der Waals surface area contributed by atoms with Gasteiger partial charge in [-0.1, -0.05) is 0 Å². The van der Waals surface area contributed by atoms with E-state index in [1.807, 2.05) is 18.2 Å². The van der Waals surface area contributed by atoms with Gasteiger partial charge < -0.3 is 14.8 Å². The molecule has 4 heterocycles. The predicted octanol–water partition coefficient (Wildman–Crippen LogP) is 1.81. The fourth-order valence-corrected chi connectivity index (χ4v) is 4.73. The summed E-state index contributed by atoms with van der Waals surface area (Å²) in [5, 5.41) is 3.35. The number of benzene rings is 1. The lowest BCUT2D eigenvalue weighted by molar-refractivity contribution is -0.00145. The maximum Gasteiger partial charge on any atom is 0.251 e. The van der Waals surface area contributed by atoms with Gasteiger partial charge in [-0.05, 0) is 62.9 Å². The molecule has 1 unspecified atom stereocenters. The third kappa shape index (κ3) is 2.06. The van der Waals surface area contributed by atoms with Crippen LogP contribution in [0.1, 0.15) is 36.0 Å². The molecule has 6 rings (SSSR count). The molecule has 1 N–H and O–H groups in total. The molecule has 1 spiro atoms. The van der Waals surface area contributed by atoms with Crippen molar-refractivity contribution in [3.63, 3.8) is 0 Å². The summed E-state index contributed by atoms with van der Waals surface area (Å²) in [6.45, 7) is 3.53. The Morgan fingerprint density at radius 3 is 2.61 bits per heavy atom. The normalized spacial score (nSPS) is 32.6. The third-order valence-electron chi connectivity index (χ3n) is 6.07. The molecule has 1 aromatic carbocycles. The molecule has 122 valence electrons. The molecule has 5 nitrogen and oxygen atoms in total. The highest BCUT2D eigenvalue weighted by atomic mass is 16.6.